The van der Waals surface area contributed by atoms with E-state index in [1.807, 2.05) is 6.92 Å². The first-order chi connectivity index (χ1) is 14.5. The van der Waals surface area contributed by atoms with Crippen LogP contribution in [-0.4, -0.2) is 40.4 Å². The van der Waals surface area contributed by atoms with Gasteiger partial charge < -0.3 is 9.32 Å². The zero-order valence-electron chi connectivity index (χ0n) is 16.6. The monoisotopic (exact) mass is 410 g/mol. The Labute approximate surface area is 172 Å². The maximum Gasteiger partial charge on any atom is 0.289 e. The number of nitrogens with one attached hydrogen (secondary N) is 1. The molecular weight excluding hydrogens is 388 g/mol. The van der Waals surface area contributed by atoms with Crippen LogP contribution in [0, 0.1) is 17.0 Å². The number of non-ortho nitro benzene ring substituents is 1. The number of nitro benzene ring substituents is 1. The molecule has 9 nitrogen and oxygen atoms in total. The van der Waals surface area contributed by atoms with Crippen LogP contribution in [0.3, 0.4) is 0 Å². The van der Waals surface area contributed by atoms with Gasteiger partial charge in [-0.25, -0.2) is 5.43 Å². The molecule has 1 fully saturated rings. The molecule has 1 aromatic heterocycles. The number of nitro groups is 1. The summed E-state index contributed by atoms with van der Waals surface area (Å²) in [5, 5.41) is 15.2. The standard InChI is InChI=1S/C21H22N4O5/c1-13-18-16(22-23-20(26)14-6-4-7-15(12-14)25(28)29)8-5-9-17(18)30-19(13)21(27)24-10-2-3-11-24/h4,6-7,12H,2-3,5,8-11H2,1H3,(H,23,26)/b22-16+. The smallest absolute Gasteiger partial charge is 0.289 e. The first-order valence-electron chi connectivity index (χ1n) is 9.99. The normalized spacial score (nSPS) is 17.1. The second kappa shape index (κ2) is 8.10. The van der Waals surface area contributed by atoms with Gasteiger partial charge in [0.05, 0.1) is 10.6 Å². The van der Waals surface area contributed by atoms with Gasteiger partial charge in [0.2, 0.25) is 0 Å². The molecule has 0 atom stereocenters. The molecule has 2 amide bonds. The Morgan fingerprint density at radius 3 is 2.70 bits per heavy atom. The Kier molecular flexibility index (Phi) is 5.35. The molecule has 2 aromatic rings. The zero-order chi connectivity index (χ0) is 21.3. The number of benzene rings is 1. The number of nitrogens with zero attached hydrogens (tertiary/aromatic N) is 3. The average Bonchev–Trinajstić information content (AvgIpc) is 3.40. The fourth-order valence-electron chi connectivity index (χ4n) is 3.99. The third-order valence-corrected chi connectivity index (χ3v) is 5.52. The van der Waals surface area contributed by atoms with Crippen LogP contribution in [0.4, 0.5) is 5.69 Å². The number of hydrogen-bond acceptors (Lipinski definition) is 6. The number of furan rings is 1. The molecule has 0 spiro atoms. The Hall–Kier alpha value is -3.49. The van der Waals surface area contributed by atoms with Gasteiger partial charge in [0.25, 0.3) is 17.5 Å². The number of likely N-dealkylation sites (tertiary alicyclic amines) is 1. The molecule has 2 aliphatic rings. The summed E-state index contributed by atoms with van der Waals surface area (Å²) in [6, 6.07) is 5.47. The molecule has 1 aliphatic heterocycles. The highest BCUT2D eigenvalue weighted by molar-refractivity contribution is 6.07. The summed E-state index contributed by atoms with van der Waals surface area (Å²) >= 11 is 0. The van der Waals surface area contributed by atoms with Crippen molar-refractivity contribution in [1.82, 2.24) is 10.3 Å². The number of carbonyl (C=O) groups is 2. The molecule has 0 bridgehead atoms. The van der Waals surface area contributed by atoms with E-state index in [1.54, 1.807) is 4.90 Å². The van der Waals surface area contributed by atoms with Crippen LogP contribution in [0.25, 0.3) is 0 Å². The molecule has 4 rings (SSSR count). The van der Waals surface area contributed by atoms with Crippen LogP contribution < -0.4 is 5.43 Å². The van der Waals surface area contributed by atoms with Crippen LogP contribution in [-0.2, 0) is 6.42 Å². The van der Waals surface area contributed by atoms with E-state index in [0.717, 1.165) is 43.5 Å². The Bertz CT molecular complexity index is 1050. The summed E-state index contributed by atoms with van der Waals surface area (Å²) in [5.41, 5.74) is 4.65. The van der Waals surface area contributed by atoms with Crippen LogP contribution in [0.15, 0.2) is 33.8 Å². The number of hydrazone groups is 1. The molecule has 1 aromatic carbocycles. The minimum atomic E-state index is -0.552. The zero-order valence-corrected chi connectivity index (χ0v) is 16.6. The van der Waals surface area contributed by atoms with Crippen molar-refractivity contribution in [1.29, 1.82) is 0 Å². The second-order valence-corrected chi connectivity index (χ2v) is 7.51. The summed E-state index contributed by atoms with van der Waals surface area (Å²) in [6.45, 7) is 3.32. The van der Waals surface area contributed by atoms with Gasteiger partial charge in [0.15, 0.2) is 5.76 Å². The summed E-state index contributed by atoms with van der Waals surface area (Å²) in [6.07, 6.45) is 4.15. The van der Waals surface area contributed by atoms with E-state index in [-0.39, 0.29) is 17.2 Å². The van der Waals surface area contributed by atoms with Crippen LogP contribution in [0.2, 0.25) is 0 Å². The van der Waals surface area contributed by atoms with Crippen molar-refractivity contribution in [3.8, 4) is 0 Å². The summed E-state index contributed by atoms with van der Waals surface area (Å²) in [5.74, 6) is 0.429. The van der Waals surface area contributed by atoms with Crippen LogP contribution >= 0.6 is 0 Å². The number of amides is 2. The van der Waals surface area contributed by atoms with E-state index >= 15 is 0 Å². The van der Waals surface area contributed by atoms with Crippen molar-refractivity contribution in [2.45, 2.75) is 39.0 Å². The fraction of sp³-hybridized carbons (Fsp3) is 0.381. The number of fused-ring (bicyclic) bond motifs is 1. The third kappa shape index (κ3) is 3.70. The highest BCUT2D eigenvalue weighted by atomic mass is 16.6. The number of carbonyl (C=O) groups excluding carboxylic acids is 2. The van der Waals surface area contributed by atoms with E-state index in [2.05, 4.69) is 10.5 Å². The lowest BCUT2D eigenvalue weighted by atomic mass is 9.93. The number of hydrogen-bond donors (Lipinski definition) is 1. The Morgan fingerprint density at radius 2 is 1.97 bits per heavy atom. The second-order valence-electron chi connectivity index (χ2n) is 7.51. The van der Waals surface area contributed by atoms with Gasteiger partial charge in [-0.05, 0) is 38.7 Å². The van der Waals surface area contributed by atoms with Crippen LogP contribution in [0.1, 0.15) is 63.5 Å². The molecular formula is C21H22N4O5. The Balaban J connectivity index is 1.57. The van der Waals surface area contributed by atoms with Gasteiger partial charge >= 0.3 is 0 Å². The van der Waals surface area contributed by atoms with Crippen molar-refractivity contribution < 1.29 is 18.9 Å². The molecule has 2 heterocycles. The highest BCUT2D eigenvalue weighted by Crippen LogP contribution is 2.31. The predicted octanol–water partition coefficient (Wildman–Crippen LogP) is 3.20. The lowest BCUT2D eigenvalue weighted by Crippen LogP contribution is -2.27. The minimum Gasteiger partial charge on any atom is -0.455 e. The molecule has 9 heteroatoms. The predicted molar refractivity (Wildman–Crippen MR) is 109 cm³/mol. The van der Waals surface area contributed by atoms with E-state index in [1.165, 1.54) is 24.3 Å². The van der Waals surface area contributed by atoms with Crippen molar-refractivity contribution in [2.75, 3.05) is 13.1 Å². The first-order valence-corrected chi connectivity index (χ1v) is 9.99. The Morgan fingerprint density at radius 1 is 1.20 bits per heavy atom. The van der Waals surface area contributed by atoms with Crippen molar-refractivity contribution in [3.05, 3.63) is 62.6 Å². The summed E-state index contributed by atoms with van der Waals surface area (Å²) < 4.78 is 5.92. The van der Waals surface area contributed by atoms with Crippen molar-refractivity contribution in [3.63, 3.8) is 0 Å². The molecule has 1 N–H and O–H groups in total. The topological polar surface area (TPSA) is 118 Å². The first kappa shape index (κ1) is 19.8. The molecule has 156 valence electrons. The van der Waals surface area contributed by atoms with Gasteiger partial charge in [-0.3, -0.25) is 19.7 Å². The SMILES string of the molecule is Cc1c(C(=O)N2CCCC2)oc2c1/C(=N/NC(=O)c1cccc([N+](=O)[O-])c1)CCC2. The maximum absolute atomic E-state index is 12.8. The molecule has 1 aliphatic carbocycles. The molecule has 30 heavy (non-hydrogen) atoms. The third-order valence-electron chi connectivity index (χ3n) is 5.52. The highest BCUT2D eigenvalue weighted by Gasteiger charge is 2.31. The van der Waals surface area contributed by atoms with Crippen molar-refractivity contribution >= 4 is 23.2 Å². The largest absolute Gasteiger partial charge is 0.455 e. The fourth-order valence-corrected chi connectivity index (χ4v) is 3.99. The molecule has 1 saturated heterocycles. The van der Waals surface area contributed by atoms with Gasteiger partial charge in [-0.2, -0.15) is 5.10 Å². The summed E-state index contributed by atoms with van der Waals surface area (Å²) in [7, 11) is 0. The minimum absolute atomic E-state index is 0.0978. The number of aryl methyl sites for hydroxylation is 1. The summed E-state index contributed by atoms with van der Waals surface area (Å²) in [4.78, 5) is 37.4. The maximum atomic E-state index is 12.8. The van der Waals surface area contributed by atoms with Gasteiger partial charge in [0.1, 0.15) is 5.76 Å². The van der Waals surface area contributed by atoms with Gasteiger partial charge in [-0.15, -0.1) is 0 Å². The van der Waals surface area contributed by atoms with E-state index in [9.17, 15) is 19.7 Å². The van der Waals surface area contributed by atoms with E-state index in [4.69, 9.17) is 4.42 Å². The van der Waals surface area contributed by atoms with Crippen molar-refractivity contribution in [2.24, 2.45) is 5.10 Å². The van der Waals surface area contributed by atoms with E-state index in [0.29, 0.717) is 30.1 Å². The lowest BCUT2D eigenvalue weighted by Gasteiger charge is -2.14. The quantitative estimate of drug-likeness (QED) is 0.613. The van der Waals surface area contributed by atoms with Gasteiger partial charge in [-0.1, -0.05) is 6.07 Å². The van der Waals surface area contributed by atoms with Gasteiger partial charge in [0, 0.05) is 48.3 Å². The average molecular weight is 410 g/mol. The molecule has 0 radical (unpaired) electrons. The van der Waals surface area contributed by atoms with E-state index < -0.39 is 10.8 Å². The molecule has 0 saturated carbocycles. The number of rotatable bonds is 4. The lowest BCUT2D eigenvalue weighted by molar-refractivity contribution is -0.384. The molecule has 0 unspecified atom stereocenters. The van der Waals surface area contributed by atoms with Crippen LogP contribution in [0.5, 0.6) is 0 Å².